The number of thiophene rings is 1. The lowest BCUT2D eigenvalue weighted by Gasteiger charge is -2.42. The number of carbonyl (C=O) groups is 2. The number of likely N-dealkylation sites (N-methyl/N-ethyl adjacent to an activating group) is 1. The maximum atomic E-state index is 13.2. The minimum Gasteiger partial charge on any atom is -0.339 e. The van der Waals surface area contributed by atoms with Crippen LogP contribution in [-0.4, -0.2) is 96.9 Å². The van der Waals surface area contributed by atoms with Crippen LogP contribution in [0.15, 0.2) is 24.2 Å². The molecular formula is C23H31ClN4O2S. The Morgan fingerprint density at radius 1 is 1.19 bits per heavy atom. The van der Waals surface area contributed by atoms with Crippen LogP contribution in [-0.2, 0) is 4.79 Å². The number of piperidine rings is 1. The zero-order chi connectivity index (χ0) is 22.8. The zero-order valence-electron chi connectivity index (χ0n) is 19.3. The van der Waals surface area contributed by atoms with E-state index in [1.54, 1.807) is 23.1 Å². The molecular weight excluding hydrogens is 432 g/mol. The van der Waals surface area contributed by atoms with Crippen LogP contribution in [0.5, 0.6) is 0 Å². The second-order valence-corrected chi connectivity index (χ2v) is 9.96. The summed E-state index contributed by atoms with van der Waals surface area (Å²) in [5, 5.41) is 1.30. The average molecular weight is 464 g/mol. The van der Waals surface area contributed by atoms with Gasteiger partial charge in [0.1, 0.15) is 6.54 Å². The van der Waals surface area contributed by atoms with Gasteiger partial charge in [-0.05, 0) is 63.5 Å². The number of fused-ring (bicyclic) bond motifs is 1. The maximum Gasteiger partial charge on any atom is 0.264 e. The van der Waals surface area contributed by atoms with E-state index in [0.717, 1.165) is 36.3 Å². The summed E-state index contributed by atoms with van der Waals surface area (Å²) in [6, 6.07) is 6.12. The first-order valence-corrected chi connectivity index (χ1v) is 12.2. The third-order valence-corrected chi connectivity index (χ3v) is 7.74. The molecule has 0 bridgehead atoms. The van der Waals surface area contributed by atoms with Crippen LogP contribution in [0.2, 0.25) is 5.02 Å². The second kappa shape index (κ2) is 9.86. The number of piperazine rings is 1. The number of benzene rings is 1. The minimum absolute atomic E-state index is 0.0149. The SMILES string of the molecule is [2H]c1c(C(=O)N(CC)CC(=O)N2CCN(C3CCN(C)CC3)CC2)sc2cc(Cl)ccc12. The summed E-state index contributed by atoms with van der Waals surface area (Å²) in [5.74, 6) is -0.271. The number of nitrogens with zero attached hydrogens (tertiary/aromatic N) is 4. The molecule has 1 aromatic heterocycles. The van der Waals surface area contributed by atoms with Gasteiger partial charge in [-0.2, -0.15) is 0 Å². The molecule has 2 fully saturated rings. The Morgan fingerprint density at radius 3 is 2.58 bits per heavy atom. The predicted octanol–water partition coefficient (Wildman–Crippen LogP) is 3.26. The van der Waals surface area contributed by atoms with E-state index in [-0.39, 0.29) is 24.4 Å². The van der Waals surface area contributed by atoms with Gasteiger partial charge in [0.2, 0.25) is 5.91 Å². The van der Waals surface area contributed by atoms with Crippen molar-refractivity contribution in [3.05, 3.63) is 34.1 Å². The van der Waals surface area contributed by atoms with E-state index in [1.807, 2.05) is 11.8 Å². The Kier molecular flexibility index (Phi) is 6.74. The van der Waals surface area contributed by atoms with E-state index in [9.17, 15) is 9.59 Å². The van der Waals surface area contributed by atoms with Crippen molar-refractivity contribution in [1.29, 1.82) is 0 Å². The van der Waals surface area contributed by atoms with Crippen LogP contribution in [0.3, 0.4) is 0 Å². The Labute approximate surface area is 194 Å². The van der Waals surface area contributed by atoms with Crippen molar-refractivity contribution in [1.82, 2.24) is 19.6 Å². The summed E-state index contributed by atoms with van der Waals surface area (Å²) >= 11 is 7.34. The summed E-state index contributed by atoms with van der Waals surface area (Å²) in [4.78, 5) is 34.8. The average Bonchev–Trinajstić information content (AvgIpc) is 3.13. The van der Waals surface area contributed by atoms with Gasteiger partial charge in [-0.1, -0.05) is 17.7 Å². The highest BCUT2D eigenvalue weighted by Crippen LogP contribution is 2.29. The number of likely N-dealkylation sites (tertiary alicyclic amines) is 1. The Bertz CT molecular complexity index is 984. The molecule has 2 aliphatic rings. The lowest BCUT2D eigenvalue weighted by atomic mass is 10.0. The molecule has 0 aliphatic carbocycles. The number of amides is 2. The fraction of sp³-hybridized carbons (Fsp3) is 0.565. The van der Waals surface area contributed by atoms with E-state index < -0.39 is 0 Å². The molecule has 0 saturated carbocycles. The van der Waals surface area contributed by atoms with Gasteiger partial charge in [0.05, 0.1) is 6.25 Å². The Balaban J connectivity index is 1.36. The van der Waals surface area contributed by atoms with E-state index >= 15 is 0 Å². The Hall–Kier alpha value is -1.67. The third-order valence-electron chi connectivity index (χ3n) is 6.46. The lowest BCUT2D eigenvalue weighted by molar-refractivity contribution is -0.134. The van der Waals surface area contributed by atoms with Gasteiger partial charge in [0.25, 0.3) is 5.91 Å². The van der Waals surface area contributed by atoms with Gasteiger partial charge in [-0.15, -0.1) is 11.3 Å². The molecule has 4 rings (SSSR count). The van der Waals surface area contributed by atoms with Gasteiger partial charge >= 0.3 is 0 Å². The molecule has 6 nitrogen and oxygen atoms in total. The van der Waals surface area contributed by atoms with Crippen molar-refractivity contribution in [3.63, 3.8) is 0 Å². The molecule has 1 aromatic carbocycles. The first kappa shape index (κ1) is 21.2. The largest absolute Gasteiger partial charge is 0.339 e. The highest BCUT2D eigenvalue weighted by atomic mass is 35.5. The van der Waals surface area contributed by atoms with Crippen LogP contribution in [0, 0.1) is 0 Å². The Morgan fingerprint density at radius 2 is 1.90 bits per heavy atom. The monoisotopic (exact) mass is 463 g/mol. The van der Waals surface area contributed by atoms with Gasteiger partial charge in [-0.3, -0.25) is 14.5 Å². The molecule has 0 atom stereocenters. The number of hydrogen-bond acceptors (Lipinski definition) is 5. The van der Waals surface area contributed by atoms with Crippen molar-refractivity contribution in [2.75, 3.05) is 59.4 Å². The fourth-order valence-electron chi connectivity index (χ4n) is 4.47. The summed E-state index contributed by atoms with van der Waals surface area (Å²) in [7, 11) is 2.17. The topological polar surface area (TPSA) is 47.1 Å². The maximum absolute atomic E-state index is 13.2. The molecule has 3 heterocycles. The van der Waals surface area contributed by atoms with E-state index in [0.29, 0.717) is 35.6 Å². The molecule has 0 unspecified atom stereocenters. The quantitative estimate of drug-likeness (QED) is 0.682. The van der Waals surface area contributed by atoms with E-state index in [4.69, 9.17) is 13.0 Å². The van der Waals surface area contributed by atoms with E-state index in [1.165, 1.54) is 24.2 Å². The molecule has 8 heteroatoms. The fourth-order valence-corrected chi connectivity index (χ4v) is 5.72. The van der Waals surface area contributed by atoms with Crippen LogP contribution in [0.1, 0.15) is 30.8 Å². The van der Waals surface area contributed by atoms with Crippen molar-refractivity contribution in [2.24, 2.45) is 0 Å². The molecule has 0 N–H and O–H groups in total. The number of hydrogen-bond donors (Lipinski definition) is 0. The lowest BCUT2D eigenvalue weighted by Crippen LogP contribution is -2.55. The highest BCUT2D eigenvalue weighted by Gasteiger charge is 2.29. The van der Waals surface area contributed by atoms with Gasteiger partial charge in [0, 0.05) is 48.5 Å². The van der Waals surface area contributed by atoms with Gasteiger partial charge in [0.15, 0.2) is 0 Å². The van der Waals surface area contributed by atoms with Crippen LogP contribution in [0.4, 0.5) is 0 Å². The number of halogens is 1. The molecule has 31 heavy (non-hydrogen) atoms. The number of rotatable bonds is 5. The summed E-state index contributed by atoms with van der Waals surface area (Å²) < 4.78 is 9.23. The molecule has 2 aromatic rings. The molecule has 2 aliphatic heterocycles. The smallest absolute Gasteiger partial charge is 0.264 e. The van der Waals surface area contributed by atoms with Crippen molar-refractivity contribution in [3.8, 4) is 0 Å². The van der Waals surface area contributed by atoms with Gasteiger partial charge in [-0.25, -0.2) is 0 Å². The first-order valence-electron chi connectivity index (χ1n) is 11.6. The van der Waals surface area contributed by atoms with Gasteiger partial charge < -0.3 is 14.7 Å². The molecule has 2 saturated heterocycles. The standard InChI is InChI=1S/C23H31ClN4O2S/c1-3-26(23(30)21-14-17-4-5-18(24)15-20(17)31-21)16-22(29)28-12-10-27(11-13-28)19-6-8-25(2)9-7-19/h4-5,14-15,19H,3,6-13,16H2,1-2H3/i14D. The zero-order valence-corrected chi connectivity index (χ0v) is 19.8. The predicted molar refractivity (Wildman–Crippen MR) is 127 cm³/mol. The van der Waals surface area contributed by atoms with Crippen LogP contribution in [0.25, 0.3) is 10.1 Å². The highest BCUT2D eigenvalue weighted by molar-refractivity contribution is 7.20. The molecule has 2 amide bonds. The summed E-state index contributed by atoms with van der Waals surface area (Å²) in [6.07, 6.45) is 2.39. The minimum atomic E-state index is -0.256. The van der Waals surface area contributed by atoms with Crippen molar-refractivity contribution >= 4 is 44.8 Å². The van der Waals surface area contributed by atoms with Crippen molar-refractivity contribution < 1.29 is 11.0 Å². The van der Waals surface area contributed by atoms with Crippen LogP contribution < -0.4 is 0 Å². The number of carbonyl (C=O) groups excluding carboxylic acids is 2. The van der Waals surface area contributed by atoms with Crippen LogP contribution >= 0.6 is 22.9 Å². The molecule has 168 valence electrons. The van der Waals surface area contributed by atoms with Crippen molar-refractivity contribution in [2.45, 2.75) is 25.8 Å². The first-order chi connectivity index (χ1) is 15.4. The van der Waals surface area contributed by atoms with E-state index in [2.05, 4.69) is 16.8 Å². The summed E-state index contributed by atoms with van der Waals surface area (Å²) in [5.41, 5.74) is 0. The molecule has 0 spiro atoms. The molecule has 0 radical (unpaired) electrons. The second-order valence-electron chi connectivity index (χ2n) is 8.47. The normalized spacial score (nSPS) is 19.6. The third kappa shape index (κ3) is 5.22. The summed E-state index contributed by atoms with van der Waals surface area (Å²) in [6.45, 7) is 7.84.